The van der Waals surface area contributed by atoms with Crippen molar-refractivity contribution in [1.29, 1.82) is 0 Å². The smallest absolute Gasteiger partial charge is 0.324 e. The van der Waals surface area contributed by atoms with Crippen LogP contribution in [0.4, 0.5) is 0 Å². The molecule has 14 heavy (non-hydrogen) atoms. The van der Waals surface area contributed by atoms with Crippen LogP contribution < -0.4 is 10.5 Å². The van der Waals surface area contributed by atoms with Gasteiger partial charge in [0.15, 0.2) is 0 Å². The van der Waals surface area contributed by atoms with Crippen LogP contribution in [0.15, 0.2) is 24.3 Å². The van der Waals surface area contributed by atoms with Gasteiger partial charge in [-0.15, -0.1) is 0 Å². The quantitative estimate of drug-likeness (QED) is 0.744. The molecule has 0 amide bonds. The second-order valence-corrected chi connectivity index (χ2v) is 3.02. The Morgan fingerprint density at radius 2 is 2.21 bits per heavy atom. The number of para-hydroxylation sites is 1. The number of carboxylic acid groups (broad SMARTS) is 1. The van der Waals surface area contributed by atoms with E-state index in [-0.39, 0.29) is 6.61 Å². The predicted octanol–water partition coefficient (Wildman–Crippen LogP) is 0.786. The zero-order valence-electron chi connectivity index (χ0n) is 7.93. The SMILES string of the molecule is Cc1ccccc1OC[C@@H](N)C(=O)O. The Morgan fingerprint density at radius 3 is 2.79 bits per heavy atom. The Hall–Kier alpha value is -1.55. The molecule has 1 aromatic rings. The summed E-state index contributed by atoms with van der Waals surface area (Å²) in [6.07, 6.45) is 0. The van der Waals surface area contributed by atoms with Gasteiger partial charge in [0, 0.05) is 0 Å². The average molecular weight is 195 g/mol. The third kappa shape index (κ3) is 2.74. The minimum Gasteiger partial charge on any atom is -0.491 e. The van der Waals surface area contributed by atoms with E-state index in [2.05, 4.69) is 0 Å². The van der Waals surface area contributed by atoms with Gasteiger partial charge in [-0.1, -0.05) is 18.2 Å². The topological polar surface area (TPSA) is 72.5 Å². The highest BCUT2D eigenvalue weighted by atomic mass is 16.5. The van der Waals surface area contributed by atoms with Gasteiger partial charge in [-0.05, 0) is 18.6 Å². The van der Waals surface area contributed by atoms with Crippen LogP contribution in [0.1, 0.15) is 5.56 Å². The molecule has 0 spiro atoms. The Balaban J connectivity index is 2.54. The molecule has 1 rings (SSSR count). The second-order valence-electron chi connectivity index (χ2n) is 3.02. The Bertz CT molecular complexity index is 325. The lowest BCUT2D eigenvalue weighted by Crippen LogP contribution is -2.36. The molecule has 0 saturated carbocycles. The molecule has 0 aliphatic heterocycles. The molecule has 1 atom stereocenters. The normalized spacial score (nSPS) is 12.1. The lowest BCUT2D eigenvalue weighted by atomic mass is 10.2. The summed E-state index contributed by atoms with van der Waals surface area (Å²) < 4.78 is 5.25. The molecule has 3 N–H and O–H groups in total. The maximum absolute atomic E-state index is 10.4. The van der Waals surface area contributed by atoms with E-state index in [0.29, 0.717) is 5.75 Å². The Morgan fingerprint density at radius 1 is 1.57 bits per heavy atom. The van der Waals surface area contributed by atoms with Gasteiger partial charge in [0.05, 0.1) is 0 Å². The van der Waals surface area contributed by atoms with Crippen molar-refractivity contribution in [2.24, 2.45) is 5.73 Å². The zero-order valence-corrected chi connectivity index (χ0v) is 7.93. The molecule has 0 bridgehead atoms. The molecule has 0 saturated heterocycles. The Labute approximate surface area is 82.3 Å². The van der Waals surface area contributed by atoms with E-state index in [1.807, 2.05) is 25.1 Å². The number of carbonyl (C=O) groups is 1. The fraction of sp³-hybridized carbons (Fsp3) is 0.300. The van der Waals surface area contributed by atoms with Crippen LogP contribution >= 0.6 is 0 Å². The van der Waals surface area contributed by atoms with Gasteiger partial charge in [-0.3, -0.25) is 4.79 Å². The summed E-state index contributed by atoms with van der Waals surface area (Å²) in [4.78, 5) is 10.4. The first-order valence-electron chi connectivity index (χ1n) is 4.28. The molecule has 0 aliphatic carbocycles. The summed E-state index contributed by atoms with van der Waals surface area (Å²) >= 11 is 0. The van der Waals surface area contributed by atoms with E-state index >= 15 is 0 Å². The van der Waals surface area contributed by atoms with Crippen molar-refractivity contribution in [1.82, 2.24) is 0 Å². The molecule has 0 heterocycles. The van der Waals surface area contributed by atoms with E-state index in [0.717, 1.165) is 5.56 Å². The number of benzene rings is 1. The van der Waals surface area contributed by atoms with E-state index in [4.69, 9.17) is 15.6 Å². The van der Waals surface area contributed by atoms with E-state index in [9.17, 15) is 4.79 Å². The number of hydrogen-bond acceptors (Lipinski definition) is 3. The first-order valence-corrected chi connectivity index (χ1v) is 4.28. The van der Waals surface area contributed by atoms with Crippen molar-refractivity contribution < 1.29 is 14.6 Å². The van der Waals surface area contributed by atoms with Crippen molar-refractivity contribution in [3.8, 4) is 5.75 Å². The minimum atomic E-state index is -1.06. The van der Waals surface area contributed by atoms with Crippen molar-refractivity contribution >= 4 is 5.97 Å². The van der Waals surface area contributed by atoms with Gasteiger partial charge in [0.25, 0.3) is 0 Å². The van der Waals surface area contributed by atoms with Gasteiger partial charge in [0.2, 0.25) is 0 Å². The zero-order chi connectivity index (χ0) is 10.6. The maximum atomic E-state index is 10.4. The molecule has 4 heteroatoms. The molecule has 0 aromatic heterocycles. The number of rotatable bonds is 4. The van der Waals surface area contributed by atoms with Crippen LogP contribution in [0.5, 0.6) is 5.75 Å². The van der Waals surface area contributed by atoms with Crippen LogP contribution in [-0.4, -0.2) is 23.7 Å². The third-order valence-electron chi connectivity index (χ3n) is 1.83. The number of nitrogens with two attached hydrogens (primary N) is 1. The maximum Gasteiger partial charge on any atom is 0.324 e. The van der Waals surface area contributed by atoms with Crippen molar-refractivity contribution in [2.45, 2.75) is 13.0 Å². The van der Waals surface area contributed by atoms with Crippen LogP contribution in [-0.2, 0) is 4.79 Å². The monoisotopic (exact) mass is 195 g/mol. The molecule has 0 aliphatic rings. The summed E-state index contributed by atoms with van der Waals surface area (Å²) in [7, 11) is 0. The van der Waals surface area contributed by atoms with Gasteiger partial charge in [-0.2, -0.15) is 0 Å². The largest absolute Gasteiger partial charge is 0.491 e. The highest BCUT2D eigenvalue weighted by Gasteiger charge is 2.12. The van der Waals surface area contributed by atoms with Gasteiger partial charge >= 0.3 is 5.97 Å². The highest BCUT2D eigenvalue weighted by molar-refractivity contribution is 5.73. The van der Waals surface area contributed by atoms with Crippen molar-refractivity contribution in [3.63, 3.8) is 0 Å². The number of aliphatic carboxylic acids is 1. The number of ether oxygens (including phenoxy) is 1. The molecule has 0 fully saturated rings. The lowest BCUT2D eigenvalue weighted by molar-refractivity contribution is -0.139. The van der Waals surface area contributed by atoms with E-state index in [1.165, 1.54) is 0 Å². The molecule has 76 valence electrons. The van der Waals surface area contributed by atoms with Crippen LogP contribution in [0.25, 0.3) is 0 Å². The molecule has 4 nitrogen and oxygen atoms in total. The third-order valence-corrected chi connectivity index (χ3v) is 1.83. The summed E-state index contributed by atoms with van der Waals surface area (Å²) in [6, 6.07) is 6.41. The van der Waals surface area contributed by atoms with Crippen LogP contribution in [0, 0.1) is 6.92 Å². The summed E-state index contributed by atoms with van der Waals surface area (Å²) in [5.74, 6) is -0.386. The molecule has 0 radical (unpaired) electrons. The van der Waals surface area contributed by atoms with Gasteiger partial charge in [-0.25, -0.2) is 0 Å². The lowest BCUT2D eigenvalue weighted by Gasteiger charge is -2.10. The molecular formula is C10H13NO3. The highest BCUT2D eigenvalue weighted by Crippen LogP contribution is 2.15. The van der Waals surface area contributed by atoms with E-state index < -0.39 is 12.0 Å². The second kappa shape index (κ2) is 4.62. The summed E-state index contributed by atoms with van der Waals surface area (Å²) in [5.41, 5.74) is 6.25. The molecule has 0 unspecified atom stereocenters. The van der Waals surface area contributed by atoms with Crippen LogP contribution in [0.2, 0.25) is 0 Å². The predicted molar refractivity (Wildman–Crippen MR) is 52.3 cm³/mol. The molecule has 1 aromatic carbocycles. The van der Waals surface area contributed by atoms with Crippen LogP contribution in [0.3, 0.4) is 0 Å². The standard InChI is InChI=1S/C10H13NO3/c1-7-4-2-3-5-9(7)14-6-8(11)10(12)13/h2-5,8H,6,11H2,1H3,(H,12,13)/t8-/m1/s1. The number of aryl methyl sites for hydroxylation is 1. The first-order chi connectivity index (χ1) is 6.61. The van der Waals surface area contributed by atoms with Crippen molar-refractivity contribution in [3.05, 3.63) is 29.8 Å². The summed E-state index contributed by atoms with van der Waals surface area (Å²) in [6.45, 7) is 1.88. The summed E-state index contributed by atoms with van der Waals surface area (Å²) in [5, 5.41) is 8.52. The number of hydrogen-bond donors (Lipinski definition) is 2. The minimum absolute atomic E-state index is 0.0137. The number of carboxylic acids is 1. The fourth-order valence-electron chi connectivity index (χ4n) is 0.969. The van der Waals surface area contributed by atoms with E-state index in [1.54, 1.807) is 6.07 Å². The fourth-order valence-corrected chi connectivity index (χ4v) is 0.969. The first kappa shape index (κ1) is 10.5. The Kier molecular flexibility index (Phi) is 3.48. The average Bonchev–Trinajstić information content (AvgIpc) is 2.16. The molecular weight excluding hydrogens is 182 g/mol. The van der Waals surface area contributed by atoms with Gasteiger partial charge in [0.1, 0.15) is 18.4 Å². The van der Waals surface area contributed by atoms with Gasteiger partial charge < -0.3 is 15.6 Å². The van der Waals surface area contributed by atoms with Crippen molar-refractivity contribution in [2.75, 3.05) is 6.61 Å².